The molecule has 4 nitrogen and oxygen atoms in total. The van der Waals surface area contributed by atoms with E-state index in [1.807, 2.05) is 23.1 Å². The van der Waals surface area contributed by atoms with E-state index in [1.54, 1.807) is 7.11 Å². The van der Waals surface area contributed by atoms with Gasteiger partial charge in [-0.05, 0) is 49.9 Å². The number of ether oxygens (including phenoxy) is 1. The number of carboxylic acid groups (broad SMARTS) is 1. The number of hydrogen-bond donors (Lipinski definition) is 1. The van der Waals surface area contributed by atoms with Crippen LogP contribution in [0.1, 0.15) is 18.4 Å². The van der Waals surface area contributed by atoms with E-state index in [4.69, 9.17) is 9.84 Å². The number of carboxylic acids is 1. The van der Waals surface area contributed by atoms with Gasteiger partial charge in [0.05, 0.1) is 13.7 Å². The van der Waals surface area contributed by atoms with Gasteiger partial charge in [0.25, 0.3) is 0 Å². The van der Waals surface area contributed by atoms with Crippen LogP contribution in [0.4, 0.5) is 0 Å². The van der Waals surface area contributed by atoms with Crippen LogP contribution in [0.3, 0.4) is 0 Å². The number of rotatable bonds is 5. The molecule has 1 N–H and O–H groups in total. The first-order chi connectivity index (χ1) is 9.19. The standard InChI is InChI=1S/C15H21NO3.ClH/c1-19-14-5-3-2-4-13(14)10-12-6-8-16(9-7-12)11-15(17)18;/h2-5,12H,6-11H2,1H3,(H,17,18);1H. The van der Waals surface area contributed by atoms with E-state index >= 15 is 0 Å². The van der Waals surface area contributed by atoms with Crippen LogP contribution in [-0.4, -0.2) is 42.7 Å². The molecule has 0 aromatic heterocycles. The van der Waals surface area contributed by atoms with Crippen LogP contribution in [0.5, 0.6) is 5.75 Å². The normalized spacial score (nSPS) is 16.4. The number of para-hydroxylation sites is 1. The molecule has 0 unspecified atom stereocenters. The molecule has 0 bridgehead atoms. The van der Waals surface area contributed by atoms with Gasteiger partial charge in [0.1, 0.15) is 5.75 Å². The van der Waals surface area contributed by atoms with E-state index in [-0.39, 0.29) is 19.0 Å². The Morgan fingerprint density at radius 2 is 2.00 bits per heavy atom. The lowest BCUT2D eigenvalue weighted by Gasteiger charge is -2.31. The number of hydrogen-bond acceptors (Lipinski definition) is 3. The molecule has 5 heteroatoms. The molecule has 0 amide bonds. The number of methoxy groups -OCH3 is 1. The fourth-order valence-electron chi connectivity index (χ4n) is 2.72. The molecule has 1 fully saturated rings. The molecule has 0 aliphatic carbocycles. The van der Waals surface area contributed by atoms with Gasteiger partial charge in [-0.1, -0.05) is 18.2 Å². The second kappa shape index (κ2) is 8.12. The van der Waals surface area contributed by atoms with Gasteiger partial charge in [-0.3, -0.25) is 9.69 Å². The van der Waals surface area contributed by atoms with Gasteiger partial charge in [0.2, 0.25) is 0 Å². The second-order valence-corrected chi connectivity index (χ2v) is 5.13. The summed E-state index contributed by atoms with van der Waals surface area (Å²) in [6, 6.07) is 8.13. The van der Waals surface area contributed by atoms with Crippen LogP contribution in [0.25, 0.3) is 0 Å². The molecular formula is C15H22ClNO3. The third kappa shape index (κ3) is 4.69. The van der Waals surface area contributed by atoms with Crippen LogP contribution < -0.4 is 4.74 Å². The Hall–Kier alpha value is -1.26. The lowest BCUT2D eigenvalue weighted by Crippen LogP contribution is -2.37. The van der Waals surface area contributed by atoms with Crippen molar-refractivity contribution in [3.05, 3.63) is 29.8 Å². The average molecular weight is 300 g/mol. The summed E-state index contributed by atoms with van der Waals surface area (Å²) in [6.45, 7) is 1.93. The molecule has 0 spiro atoms. The maximum atomic E-state index is 10.7. The number of nitrogens with zero attached hydrogens (tertiary/aromatic N) is 1. The van der Waals surface area contributed by atoms with E-state index in [2.05, 4.69) is 6.07 Å². The molecule has 2 rings (SSSR count). The highest BCUT2D eigenvalue weighted by Gasteiger charge is 2.21. The third-order valence-corrected chi connectivity index (χ3v) is 3.77. The Kier molecular flexibility index (Phi) is 6.82. The van der Waals surface area contributed by atoms with Crippen LogP contribution in [0.15, 0.2) is 24.3 Å². The summed E-state index contributed by atoms with van der Waals surface area (Å²) in [7, 11) is 1.70. The Bertz CT molecular complexity index is 431. The maximum Gasteiger partial charge on any atom is 0.317 e. The maximum absolute atomic E-state index is 10.7. The summed E-state index contributed by atoms with van der Waals surface area (Å²) in [5, 5.41) is 8.78. The van der Waals surface area contributed by atoms with Crippen molar-refractivity contribution in [2.45, 2.75) is 19.3 Å². The van der Waals surface area contributed by atoms with Gasteiger partial charge < -0.3 is 9.84 Å². The zero-order valence-corrected chi connectivity index (χ0v) is 12.6. The summed E-state index contributed by atoms with van der Waals surface area (Å²) in [5.74, 6) is 0.847. The zero-order chi connectivity index (χ0) is 13.7. The zero-order valence-electron chi connectivity index (χ0n) is 11.7. The lowest BCUT2D eigenvalue weighted by molar-refractivity contribution is -0.138. The first-order valence-corrected chi connectivity index (χ1v) is 6.75. The predicted molar refractivity (Wildman–Crippen MR) is 80.7 cm³/mol. The first kappa shape index (κ1) is 16.8. The van der Waals surface area contributed by atoms with Gasteiger partial charge in [-0.25, -0.2) is 0 Å². The summed E-state index contributed by atoms with van der Waals surface area (Å²) in [4.78, 5) is 12.7. The monoisotopic (exact) mass is 299 g/mol. The van der Waals surface area contributed by atoms with Crippen molar-refractivity contribution in [3.8, 4) is 5.75 Å². The van der Waals surface area contributed by atoms with Crippen molar-refractivity contribution in [2.75, 3.05) is 26.7 Å². The largest absolute Gasteiger partial charge is 0.496 e. The Balaban J connectivity index is 0.00000200. The molecule has 0 atom stereocenters. The van der Waals surface area contributed by atoms with E-state index in [9.17, 15) is 4.79 Å². The van der Waals surface area contributed by atoms with Crippen molar-refractivity contribution < 1.29 is 14.6 Å². The van der Waals surface area contributed by atoms with E-state index in [0.717, 1.165) is 38.1 Å². The van der Waals surface area contributed by atoms with Gasteiger partial charge >= 0.3 is 5.97 Å². The molecule has 1 saturated heterocycles. The highest BCUT2D eigenvalue weighted by molar-refractivity contribution is 5.85. The quantitative estimate of drug-likeness (QED) is 0.907. The van der Waals surface area contributed by atoms with E-state index in [0.29, 0.717) is 5.92 Å². The minimum Gasteiger partial charge on any atom is -0.496 e. The molecule has 20 heavy (non-hydrogen) atoms. The predicted octanol–water partition coefficient (Wildman–Crippen LogP) is 2.46. The fourth-order valence-corrected chi connectivity index (χ4v) is 2.72. The van der Waals surface area contributed by atoms with E-state index in [1.165, 1.54) is 5.56 Å². The molecule has 0 saturated carbocycles. The van der Waals surface area contributed by atoms with Crippen LogP contribution in [-0.2, 0) is 11.2 Å². The number of piperidine rings is 1. The molecule has 1 aromatic carbocycles. The minimum absolute atomic E-state index is 0. The van der Waals surface area contributed by atoms with Crippen molar-refractivity contribution >= 4 is 18.4 Å². The number of carbonyl (C=O) groups is 1. The van der Waals surface area contributed by atoms with Crippen molar-refractivity contribution in [3.63, 3.8) is 0 Å². The van der Waals surface area contributed by atoms with Gasteiger partial charge in [-0.15, -0.1) is 12.4 Å². The summed E-state index contributed by atoms with van der Waals surface area (Å²) >= 11 is 0. The van der Waals surface area contributed by atoms with Crippen molar-refractivity contribution in [1.29, 1.82) is 0 Å². The van der Waals surface area contributed by atoms with Gasteiger partial charge in [-0.2, -0.15) is 0 Å². The highest BCUT2D eigenvalue weighted by Crippen LogP contribution is 2.26. The molecule has 1 heterocycles. The van der Waals surface area contributed by atoms with Crippen LogP contribution >= 0.6 is 12.4 Å². The average Bonchev–Trinajstić information content (AvgIpc) is 2.41. The summed E-state index contributed by atoms with van der Waals surface area (Å²) in [5.41, 5.74) is 1.25. The second-order valence-electron chi connectivity index (χ2n) is 5.13. The Morgan fingerprint density at radius 3 is 2.60 bits per heavy atom. The number of aliphatic carboxylic acids is 1. The Morgan fingerprint density at radius 1 is 1.35 bits per heavy atom. The lowest BCUT2D eigenvalue weighted by atomic mass is 9.90. The fraction of sp³-hybridized carbons (Fsp3) is 0.533. The number of likely N-dealkylation sites (tertiary alicyclic amines) is 1. The molecule has 112 valence electrons. The van der Waals surface area contributed by atoms with Gasteiger partial charge in [0, 0.05) is 0 Å². The summed E-state index contributed by atoms with van der Waals surface area (Å²) < 4.78 is 5.37. The van der Waals surface area contributed by atoms with Crippen molar-refractivity contribution in [1.82, 2.24) is 4.90 Å². The molecular weight excluding hydrogens is 278 g/mol. The SMILES string of the molecule is COc1ccccc1CC1CCN(CC(=O)O)CC1.Cl. The molecule has 1 aliphatic rings. The molecule has 0 radical (unpaired) electrons. The number of halogens is 1. The first-order valence-electron chi connectivity index (χ1n) is 6.75. The Labute approximate surface area is 126 Å². The van der Waals surface area contributed by atoms with Crippen LogP contribution in [0, 0.1) is 5.92 Å². The highest BCUT2D eigenvalue weighted by atomic mass is 35.5. The molecule has 1 aliphatic heterocycles. The van der Waals surface area contributed by atoms with E-state index < -0.39 is 5.97 Å². The third-order valence-electron chi connectivity index (χ3n) is 3.77. The van der Waals surface area contributed by atoms with Gasteiger partial charge in [0.15, 0.2) is 0 Å². The number of benzene rings is 1. The molecule has 1 aromatic rings. The smallest absolute Gasteiger partial charge is 0.317 e. The summed E-state index contributed by atoms with van der Waals surface area (Å²) in [6.07, 6.45) is 3.14. The van der Waals surface area contributed by atoms with Crippen molar-refractivity contribution in [2.24, 2.45) is 5.92 Å². The topological polar surface area (TPSA) is 49.8 Å². The minimum atomic E-state index is -0.733. The van der Waals surface area contributed by atoms with Crippen LogP contribution in [0.2, 0.25) is 0 Å².